The highest BCUT2D eigenvalue weighted by Gasteiger charge is 2.21. The van der Waals surface area contributed by atoms with Crippen molar-refractivity contribution >= 4 is 22.5 Å². The fraction of sp³-hybridized carbons (Fsp3) is 0.364. The minimum Gasteiger partial charge on any atom is -0.365 e. The molecular weight excluding hydrogens is 399 g/mol. The Bertz CT molecular complexity index is 1270. The van der Waals surface area contributed by atoms with Gasteiger partial charge in [-0.3, -0.25) is 19.5 Å². The molecule has 0 atom stereocenters. The van der Waals surface area contributed by atoms with Gasteiger partial charge in [0, 0.05) is 61.0 Å². The molecular formula is C22H25FN6O2. The Morgan fingerprint density at radius 1 is 1.29 bits per heavy atom. The third kappa shape index (κ3) is 4.41. The molecule has 1 amide bonds. The maximum absolute atomic E-state index is 14.6. The lowest BCUT2D eigenvalue weighted by Gasteiger charge is -2.35. The first-order chi connectivity index (χ1) is 16.1. The van der Waals surface area contributed by atoms with Gasteiger partial charge >= 0.3 is 0 Å². The molecule has 2 N–H and O–H groups in total. The summed E-state index contributed by atoms with van der Waals surface area (Å²) in [6, 6.07) is 6.51. The van der Waals surface area contributed by atoms with Crippen molar-refractivity contribution in [2.45, 2.75) is 19.9 Å². The summed E-state index contributed by atoms with van der Waals surface area (Å²) in [5.74, 6) is -1.77. The lowest BCUT2D eigenvalue weighted by atomic mass is 10.1. The summed E-state index contributed by atoms with van der Waals surface area (Å²) >= 11 is 0. The van der Waals surface area contributed by atoms with Crippen molar-refractivity contribution in [3.63, 3.8) is 0 Å². The number of anilines is 1. The van der Waals surface area contributed by atoms with E-state index in [0.29, 0.717) is 39.1 Å². The highest BCUT2D eigenvalue weighted by atomic mass is 19.1. The number of pyridine rings is 3. The number of carbonyl (C=O) groups excluding carboxylic acids is 1. The van der Waals surface area contributed by atoms with Crippen molar-refractivity contribution in [1.29, 1.82) is 0 Å². The van der Waals surface area contributed by atoms with Gasteiger partial charge in [-0.15, -0.1) is 0 Å². The number of piperazine rings is 1. The maximum Gasteiger partial charge on any atom is 0.269 e. The van der Waals surface area contributed by atoms with E-state index in [0.717, 1.165) is 22.2 Å². The van der Waals surface area contributed by atoms with E-state index in [2.05, 4.69) is 19.9 Å². The van der Waals surface area contributed by atoms with Gasteiger partial charge in [-0.1, -0.05) is 6.92 Å². The molecule has 3 aromatic rings. The predicted octanol–water partition coefficient (Wildman–Crippen LogP) is 1.70. The van der Waals surface area contributed by atoms with Gasteiger partial charge in [-0.05, 0) is 30.7 Å². The molecule has 0 aliphatic carbocycles. The molecule has 0 aromatic carbocycles. The first-order valence-corrected chi connectivity index (χ1v) is 10.1. The van der Waals surface area contributed by atoms with Crippen molar-refractivity contribution < 1.29 is 13.3 Å². The van der Waals surface area contributed by atoms with Crippen LogP contribution >= 0.6 is 0 Å². The number of hydrogen-bond donors (Lipinski definition) is 2. The molecule has 8 nitrogen and oxygen atoms in total. The Hall–Kier alpha value is -3.33. The van der Waals surface area contributed by atoms with Crippen LogP contribution in [0.3, 0.4) is 0 Å². The van der Waals surface area contributed by atoms with Crippen LogP contribution in [0.25, 0.3) is 10.9 Å². The Morgan fingerprint density at radius 2 is 2.10 bits per heavy atom. The molecule has 162 valence electrons. The smallest absolute Gasteiger partial charge is 0.269 e. The van der Waals surface area contributed by atoms with E-state index in [1.54, 1.807) is 11.5 Å². The van der Waals surface area contributed by atoms with Crippen LogP contribution in [0.2, 0.25) is 0 Å². The van der Waals surface area contributed by atoms with Gasteiger partial charge in [-0.2, -0.15) is 4.39 Å². The van der Waals surface area contributed by atoms with Crippen LogP contribution in [0.1, 0.15) is 32.8 Å². The standard InChI is InChI=1S/C22H25FN6O2/c1-3-14-10-15-12-25-16(11-18(15)27-21(14)30)13-28-6-8-29(9-7-28)19-5-4-17(22(31)24-2)26-20(19)23/h4-5,10-12H,3,6-9,13H2,1-2H3,(H,24,31)(H,27,30)/i2D3. The molecule has 1 aliphatic heterocycles. The highest BCUT2D eigenvalue weighted by molar-refractivity contribution is 5.92. The molecule has 0 bridgehead atoms. The molecule has 0 saturated carbocycles. The number of nitrogens with one attached hydrogen (secondary N) is 2. The van der Waals surface area contributed by atoms with Gasteiger partial charge in [0.25, 0.3) is 11.5 Å². The molecule has 4 heterocycles. The van der Waals surface area contributed by atoms with Gasteiger partial charge in [0.1, 0.15) is 5.69 Å². The molecule has 1 fully saturated rings. The Kier molecular flexibility index (Phi) is 4.93. The second kappa shape index (κ2) is 8.81. The average molecular weight is 427 g/mol. The molecule has 1 saturated heterocycles. The number of H-pyrrole nitrogens is 1. The number of hydrogen-bond acceptors (Lipinski definition) is 6. The second-order valence-electron chi connectivity index (χ2n) is 7.46. The van der Waals surface area contributed by atoms with Crippen LogP contribution in [0.4, 0.5) is 10.1 Å². The molecule has 4 rings (SSSR count). The third-order valence-corrected chi connectivity index (χ3v) is 5.52. The van der Waals surface area contributed by atoms with Gasteiger partial charge in [0.2, 0.25) is 5.95 Å². The van der Waals surface area contributed by atoms with Crippen molar-refractivity contribution in [1.82, 2.24) is 25.2 Å². The zero-order chi connectivity index (χ0) is 24.5. The fourth-order valence-corrected chi connectivity index (χ4v) is 3.77. The van der Waals surface area contributed by atoms with Crippen LogP contribution < -0.4 is 15.8 Å². The van der Waals surface area contributed by atoms with Crippen molar-refractivity contribution in [3.05, 3.63) is 63.7 Å². The number of aromatic nitrogens is 3. The quantitative estimate of drug-likeness (QED) is 0.602. The normalized spacial score (nSPS) is 16.6. The van der Waals surface area contributed by atoms with Crippen molar-refractivity contribution in [3.8, 4) is 0 Å². The molecule has 9 heteroatoms. The van der Waals surface area contributed by atoms with E-state index in [9.17, 15) is 14.0 Å². The van der Waals surface area contributed by atoms with Crippen LogP contribution in [-0.4, -0.2) is 58.9 Å². The molecule has 3 aromatic heterocycles. The number of nitrogens with zero attached hydrogens (tertiary/aromatic N) is 4. The molecule has 1 aliphatic rings. The van der Waals surface area contributed by atoms with Gasteiger partial charge in [-0.25, -0.2) is 4.98 Å². The zero-order valence-corrected chi connectivity index (χ0v) is 17.1. The predicted molar refractivity (Wildman–Crippen MR) is 117 cm³/mol. The summed E-state index contributed by atoms with van der Waals surface area (Å²) in [5.41, 5.74) is 2.20. The van der Waals surface area contributed by atoms with Gasteiger partial charge < -0.3 is 15.2 Å². The Morgan fingerprint density at radius 3 is 2.81 bits per heavy atom. The number of halogens is 1. The van der Waals surface area contributed by atoms with Crippen LogP contribution in [0.15, 0.2) is 35.3 Å². The molecule has 31 heavy (non-hydrogen) atoms. The van der Waals surface area contributed by atoms with E-state index >= 15 is 0 Å². The van der Waals surface area contributed by atoms with E-state index in [1.165, 1.54) is 12.1 Å². The van der Waals surface area contributed by atoms with E-state index in [1.807, 2.05) is 24.0 Å². The largest absolute Gasteiger partial charge is 0.365 e. The Balaban J connectivity index is 1.39. The maximum atomic E-state index is 14.6. The number of fused-ring (bicyclic) bond motifs is 1. The number of aromatic amines is 1. The lowest BCUT2D eigenvalue weighted by molar-refractivity contribution is 0.0957. The summed E-state index contributed by atoms with van der Waals surface area (Å²) in [5, 5.41) is 2.69. The average Bonchev–Trinajstić information content (AvgIpc) is 2.78. The minimum atomic E-state index is -2.67. The summed E-state index contributed by atoms with van der Waals surface area (Å²) in [7, 11) is 0. The van der Waals surface area contributed by atoms with Crippen molar-refractivity contribution in [2.24, 2.45) is 0 Å². The summed E-state index contributed by atoms with van der Waals surface area (Å²) in [6.45, 7) is 2.27. The topological polar surface area (TPSA) is 94.2 Å². The van der Waals surface area contributed by atoms with Crippen molar-refractivity contribution in [2.75, 3.05) is 38.1 Å². The first kappa shape index (κ1) is 17.4. The lowest BCUT2D eigenvalue weighted by Crippen LogP contribution is -2.46. The number of rotatable bonds is 5. The minimum absolute atomic E-state index is 0.0849. The molecule has 0 radical (unpaired) electrons. The zero-order valence-electron chi connectivity index (χ0n) is 20.1. The third-order valence-electron chi connectivity index (χ3n) is 5.52. The molecule has 0 unspecified atom stereocenters. The SMILES string of the molecule is [2H]C([2H])([2H])NC(=O)c1ccc(N2CCN(Cc3cc4[nH]c(=O)c(CC)cc4cn3)CC2)c(F)n1. The first-order valence-electron chi connectivity index (χ1n) is 11.6. The fourth-order valence-electron chi connectivity index (χ4n) is 3.77. The van der Waals surface area contributed by atoms with Crippen LogP contribution in [0.5, 0.6) is 0 Å². The number of carbonyl (C=O) groups is 1. The van der Waals surface area contributed by atoms with E-state index < -0.39 is 18.8 Å². The number of amides is 1. The summed E-state index contributed by atoms with van der Waals surface area (Å²) in [4.78, 5) is 39.1. The van der Waals surface area contributed by atoms with E-state index in [-0.39, 0.29) is 16.9 Å². The highest BCUT2D eigenvalue weighted by Crippen LogP contribution is 2.21. The van der Waals surface area contributed by atoms with Crippen LogP contribution in [0, 0.1) is 5.95 Å². The number of aryl methyl sites for hydroxylation is 1. The van der Waals surface area contributed by atoms with Crippen LogP contribution in [-0.2, 0) is 13.0 Å². The summed E-state index contributed by atoms with van der Waals surface area (Å²) < 4.78 is 35.8. The van der Waals surface area contributed by atoms with E-state index in [4.69, 9.17) is 4.11 Å². The van der Waals surface area contributed by atoms with Gasteiger partial charge in [0.05, 0.1) is 16.9 Å². The summed E-state index contributed by atoms with van der Waals surface area (Å²) in [6.07, 6.45) is 2.42. The Labute approximate surface area is 183 Å². The monoisotopic (exact) mass is 427 g/mol. The molecule has 0 spiro atoms. The van der Waals surface area contributed by atoms with Gasteiger partial charge in [0.15, 0.2) is 0 Å². The second-order valence-corrected chi connectivity index (χ2v) is 7.46.